The van der Waals surface area contributed by atoms with Crippen molar-refractivity contribution in [3.05, 3.63) is 86.6 Å². The van der Waals surface area contributed by atoms with Crippen LogP contribution in [0.15, 0.2) is 74.3 Å². The lowest BCUT2D eigenvalue weighted by molar-refractivity contribution is -0.120. The third-order valence-electron chi connectivity index (χ3n) is 4.29. The molecule has 1 amide bonds. The smallest absolute Gasteiger partial charge is 0.342 e. The topological polar surface area (TPSA) is 129 Å². The summed E-state index contributed by atoms with van der Waals surface area (Å²) < 4.78 is 5.63. The maximum atomic E-state index is 12.8. The molecule has 0 saturated carbocycles. The van der Waals surface area contributed by atoms with E-state index in [9.17, 15) is 14.4 Å². The fraction of sp³-hybridized carbons (Fsp3) is 0.227. The Bertz CT molecular complexity index is 1160. The molecule has 1 heterocycles. The van der Waals surface area contributed by atoms with Crippen molar-refractivity contribution in [2.45, 2.75) is 30.0 Å². The van der Waals surface area contributed by atoms with E-state index in [4.69, 9.17) is 4.74 Å². The van der Waals surface area contributed by atoms with E-state index in [1.54, 1.807) is 24.3 Å². The number of unbranched alkanes of at least 4 members (excludes halogenated alkanes) is 1. The van der Waals surface area contributed by atoms with E-state index in [0.29, 0.717) is 12.2 Å². The van der Waals surface area contributed by atoms with E-state index in [2.05, 4.69) is 32.6 Å². The molecule has 9 nitrogen and oxygen atoms in total. The Labute approximate surface area is 188 Å². The SMILES string of the molecule is CCCCOc1ccc(/C=N\NC(=O)C(Sc2n[nH]c(=O)[nH]c2=O)c2ccccc2)cc1. The molecule has 3 aromatic rings. The third kappa shape index (κ3) is 6.67. The maximum absolute atomic E-state index is 12.8. The predicted molar refractivity (Wildman–Crippen MR) is 123 cm³/mol. The van der Waals surface area contributed by atoms with E-state index in [1.807, 2.05) is 30.3 Å². The van der Waals surface area contributed by atoms with Gasteiger partial charge in [-0.3, -0.25) is 14.6 Å². The summed E-state index contributed by atoms with van der Waals surface area (Å²) in [6.45, 7) is 2.78. The van der Waals surface area contributed by atoms with Crippen molar-refractivity contribution < 1.29 is 9.53 Å². The summed E-state index contributed by atoms with van der Waals surface area (Å²) in [5.41, 5.74) is 2.56. The largest absolute Gasteiger partial charge is 0.494 e. The van der Waals surface area contributed by atoms with Gasteiger partial charge in [0.1, 0.15) is 11.0 Å². The van der Waals surface area contributed by atoms with Crippen LogP contribution in [0.2, 0.25) is 0 Å². The molecule has 1 atom stereocenters. The van der Waals surface area contributed by atoms with Crippen LogP contribution in [0.25, 0.3) is 0 Å². The number of ether oxygens (including phenoxy) is 1. The van der Waals surface area contributed by atoms with Crippen LogP contribution < -0.4 is 21.4 Å². The zero-order valence-electron chi connectivity index (χ0n) is 17.4. The van der Waals surface area contributed by atoms with Gasteiger partial charge in [0.2, 0.25) is 0 Å². The first kappa shape index (κ1) is 23.0. The number of benzene rings is 2. The van der Waals surface area contributed by atoms with Crippen molar-refractivity contribution in [1.82, 2.24) is 20.6 Å². The first-order chi connectivity index (χ1) is 15.6. The number of hydrogen-bond donors (Lipinski definition) is 3. The fourth-order valence-corrected chi connectivity index (χ4v) is 3.58. The Balaban J connectivity index is 1.68. The summed E-state index contributed by atoms with van der Waals surface area (Å²) >= 11 is 0.915. The first-order valence-electron chi connectivity index (χ1n) is 10.0. The van der Waals surface area contributed by atoms with Crippen LogP contribution in [0.4, 0.5) is 0 Å². The van der Waals surface area contributed by atoms with Crippen LogP contribution in [0.1, 0.15) is 36.1 Å². The number of hydrogen-bond acceptors (Lipinski definition) is 7. The number of carbonyl (C=O) groups is 1. The van der Waals surface area contributed by atoms with Gasteiger partial charge < -0.3 is 4.74 Å². The number of carbonyl (C=O) groups excluding carboxylic acids is 1. The molecule has 0 aliphatic heterocycles. The quantitative estimate of drug-likeness (QED) is 0.187. The number of aromatic nitrogens is 3. The summed E-state index contributed by atoms with van der Waals surface area (Å²) in [6, 6.07) is 16.3. The average Bonchev–Trinajstić information content (AvgIpc) is 2.80. The molecule has 2 aromatic carbocycles. The van der Waals surface area contributed by atoms with Crippen molar-refractivity contribution in [2.24, 2.45) is 5.10 Å². The van der Waals surface area contributed by atoms with Crippen LogP contribution in [-0.2, 0) is 4.79 Å². The number of H-pyrrole nitrogens is 2. The maximum Gasteiger partial charge on any atom is 0.342 e. The van der Waals surface area contributed by atoms with Crippen LogP contribution in [-0.4, -0.2) is 33.9 Å². The van der Waals surface area contributed by atoms with Gasteiger partial charge in [0.15, 0.2) is 5.03 Å². The van der Waals surface area contributed by atoms with E-state index >= 15 is 0 Å². The second kappa shape index (κ2) is 11.7. The monoisotopic (exact) mass is 453 g/mol. The number of nitrogens with one attached hydrogen (secondary N) is 3. The van der Waals surface area contributed by atoms with Crippen LogP contribution >= 0.6 is 11.8 Å². The number of rotatable bonds is 10. The van der Waals surface area contributed by atoms with Crippen LogP contribution in [0.3, 0.4) is 0 Å². The molecule has 32 heavy (non-hydrogen) atoms. The Morgan fingerprint density at radius 1 is 1.19 bits per heavy atom. The summed E-state index contributed by atoms with van der Waals surface area (Å²) in [5, 5.41) is 9.10. The summed E-state index contributed by atoms with van der Waals surface area (Å²) in [4.78, 5) is 38.2. The highest BCUT2D eigenvalue weighted by molar-refractivity contribution is 8.00. The second-order valence-corrected chi connectivity index (χ2v) is 7.82. The molecule has 0 fully saturated rings. The van der Waals surface area contributed by atoms with Gasteiger partial charge in [0.05, 0.1) is 12.8 Å². The molecule has 0 bridgehead atoms. The van der Waals surface area contributed by atoms with Crippen LogP contribution in [0.5, 0.6) is 5.75 Å². The zero-order valence-corrected chi connectivity index (χ0v) is 18.2. The Hall–Kier alpha value is -3.66. The highest BCUT2D eigenvalue weighted by Crippen LogP contribution is 2.32. The molecule has 0 aliphatic rings. The lowest BCUT2D eigenvalue weighted by atomic mass is 10.1. The van der Waals surface area contributed by atoms with E-state index in [0.717, 1.165) is 35.9 Å². The third-order valence-corrected chi connectivity index (χ3v) is 5.51. The van der Waals surface area contributed by atoms with Crippen LogP contribution in [0, 0.1) is 0 Å². The summed E-state index contributed by atoms with van der Waals surface area (Å²) in [5.74, 6) is 0.336. The molecule has 0 aliphatic carbocycles. The molecule has 10 heteroatoms. The van der Waals surface area contributed by atoms with E-state index in [1.165, 1.54) is 6.21 Å². The van der Waals surface area contributed by atoms with Crippen molar-refractivity contribution >= 4 is 23.9 Å². The minimum Gasteiger partial charge on any atom is -0.494 e. The van der Waals surface area contributed by atoms with Crippen molar-refractivity contribution in [3.8, 4) is 5.75 Å². The van der Waals surface area contributed by atoms with Crippen molar-refractivity contribution in [2.75, 3.05) is 6.61 Å². The fourth-order valence-electron chi connectivity index (χ4n) is 2.64. The number of hydrazone groups is 1. The molecular formula is C22H23N5O4S. The van der Waals surface area contributed by atoms with Gasteiger partial charge in [-0.05, 0) is 41.8 Å². The zero-order chi connectivity index (χ0) is 22.8. The van der Waals surface area contributed by atoms with Gasteiger partial charge in [0.25, 0.3) is 11.5 Å². The predicted octanol–water partition coefficient (Wildman–Crippen LogP) is 2.62. The lowest BCUT2D eigenvalue weighted by Crippen LogP contribution is -2.28. The number of aromatic amines is 2. The highest BCUT2D eigenvalue weighted by atomic mass is 32.2. The van der Waals surface area contributed by atoms with Gasteiger partial charge in [0, 0.05) is 0 Å². The molecule has 1 aromatic heterocycles. The number of amides is 1. The Morgan fingerprint density at radius 3 is 2.62 bits per heavy atom. The van der Waals surface area contributed by atoms with Gasteiger partial charge >= 0.3 is 5.69 Å². The molecule has 0 spiro atoms. The molecule has 166 valence electrons. The normalized spacial score (nSPS) is 11.9. The Morgan fingerprint density at radius 2 is 1.94 bits per heavy atom. The molecule has 0 saturated heterocycles. The van der Waals surface area contributed by atoms with E-state index in [-0.39, 0.29) is 5.03 Å². The molecule has 3 N–H and O–H groups in total. The Kier molecular flexibility index (Phi) is 8.38. The van der Waals surface area contributed by atoms with Crippen molar-refractivity contribution in [1.29, 1.82) is 0 Å². The first-order valence-corrected chi connectivity index (χ1v) is 10.9. The summed E-state index contributed by atoms with van der Waals surface area (Å²) in [6.07, 6.45) is 3.58. The van der Waals surface area contributed by atoms with Gasteiger partial charge in [-0.15, -0.1) is 0 Å². The number of thioether (sulfide) groups is 1. The minimum atomic E-state index is -0.804. The van der Waals surface area contributed by atoms with Gasteiger partial charge in [-0.1, -0.05) is 55.4 Å². The second-order valence-electron chi connectivity index (χ2n) is 6.73. The molecular weight excluding hydrogens is 430 g/mol. The standard InChI is InChI=1S/C22H23N5O4S/c1-2-3-13-31-17-11-9-15(10-12-17)14-23-25-19(28)18(16-7-5-4-6-8-16)32-21-20(29)24-22(30)27-26-21/h4-12,14,18H,2-3,13H2,1H3,(H,25,28)(H2,24,27,29,30)/b23-14-. The lowest BCUT2D eigenvalue weighted by Gasteiger charge is -2.14. The van der Waals surface area contributed by atoms with Gasteiger partial charge in [-0.2, -0.15) is 10.2 Å². The van der Waals surface area contributed by atoms with Gasteiger partial charge in [-0.25, -0.2) is 15.3 Å². The summed E-state index contributed by atoms with van der Waals surface area (Å²) in [7, 11) is 0. The van der Waals surface area contributed by atoms with E-state index < -0.39 is 22.4 Å². The highest BCUT2D eigenvalue weighted by Gasteiger charge is 2.24. The minimum absolute atomic E-state index is 0.0313. The molecule has 0 radical (unpaired) electrons. The molecule has 1 unspecified atom stereocenters. The number of nitrogens with zero attached hydrogens (tertiary/aromatic N) is 2. The molecule has 3 rings (SSSR count). The van der Waals surface area contributed by atoms with Crippen molar-refractivity contribution in [3.63, 3.8) is 0 Å². The average molecular weight is 454 g/mol.